The first kappa shape index (κ1) is 23.4. The number of carbonyl (C=O) groups excluding carboxylic acids is 1. The maximum absolute atomic E-state index is 12.2. The second-order valence-corrected chi connectivity index (χ2v) is 9.12. The summed E-state index contributed by atoms with van der Waals surface area (Å²) in [5.41, 5.74) is 4.14. The minimum Gasteiger partial charge on any atom is -0.369 e. The number of carbonyl (C=O) groups is 1. The van der Waals surface area contributed by atoms with Crippen molar-refractivity contribution in [2.75, 3.05) is 64.3 Å². The van der Waals surface area contributed by atoms with Gasteiger partial charge in [0.2, 0.25) is 5.91 Å². The van der Waals surface area contributed by atoms with Crippen molar-refractivity contribution in [3.63, 3.8) is 0 Å². The van der Waals surface area contributed by atoms with Crippen molar-refractivity contribution in [3.05, 3.63) is 29.3 Å². The van der Waals surface area contributed by atoms with E-state index in [-0.39, 0.29) is 17.9 Å². The number of aliphatic imine (C=N–C) groups is 1. The molecule has 0 radical (unpaired) electrons. The van der Waals surface area contributed by atoms with Crippen LogP contribution in [0.3, 0.4) is 0 Å². The maximum atomic E-state index is 12.2. The van der Waals surface area contributed by atoms with Gasteiger partial charge in [0.05, 0.1) is 0 Å². The maximum Gasteiger partial charge on any atom is 0.225 e. The minimum atomic E-state index is 0.0616. The third-order valence-electron chi connectivity index (χ3n) is 6.57. The second-order valence-electron chi connectivity index (χ2n) is 9.12. The molecule has 3 rings (SSSR count). The molecule has 0 spiro atoms. The van der Waals surface area contributed by atoms with Gasteiger partial charge < -0.3 is 20.4 Å². The van der Waals surface area contributed by atoms with E-state index in [2.05, 4.69) is 57.5 Å². The van der Waals surface area contributed by atoms with E-state index >= 15 is 0 Å². The number of piperazine rings is 1. The molecular weight excluding hydrogens is 388 g/mol. The van der Waals surface area contributed by atoms with Crippen molar-refractivity contribution in [2.24, 2.45) is 10.9 Å². The molecule has 31 heavy (non-hydrogen) atoms. The minimum absolute atomic E-state index is 0.0616. The molecule has 1 atom stereocenters. The lowest BCUT2D eigenvalue weighted by Crippen LogP contribution is -2.50. The van der Waals surface area contributed by atoms with Gasteiger partial charge in [-0.3, -0.25) is 14.7 Å². The number of anilines is 1. The molecule has 2 heterocycles. The number of benzene rings is 1. The predicted octanol–water partition coefficient (Wildman–Crippen LogP) is 1.85. The van der Waals surface area contributed by atoms with E-state index < -0.39 is 0 Å². The zero-order valence-electron chi connectivity index (χ0n) is 19.9. The Hall–Kier alpha value is -2.28. The van der Waals surface area contributed by atoms with Crippen molar-refractivity contribution in [1.29, 1.82) is 0 Å². The Morgan fingerprint density at radius 2 is 1.90 bits per heavy atom. The summed E-state index contributed by atoms with van der Waals surface area (Å²) in [5.74, 6) is 1.14. The Kier molecular flexibility index (Phi) is 8.18. The number of guanidine groups is 1. The Morgan fingerprint density at radius 1 is 1.16 bits per heavy atom. The molecule has 1 amide bonds. The Morgan fingerprint density at radius 3 is 2.58 bits per heavy atom. The average molecular weight is 429 g/mol. The van der Waals surface area contributed by atoms with Crippen molar-refractivity contribution >= 4 is 17.6 Å². The van der Waals surface area contributed by atoms with Gasteiger partial charge in [-0.2, -0.15) is 0 Å². The van der Waals surface area contributed by atoms with Crippen molar-refractivity contribution in [2.45, 2.75) is 40.2 Å². The normalized spacial score (nSPS) is 20.5. The Labute approximate surface area is 187 Å². The van der Waals surface area contributed by atoms with Gasteiger partial charge in [0.15, 0.2) is 5.96 Å². The largest absolute Gasteiger partial charge is 0.369 e. The van der Waals surface area contributed by atoms with Crippen LogP contribution in [0, 0.1) is 19.8 Å². The summed E-state index contributed by atoms with van der Waals surface area (Å²) in [7, 11) is 1.81. The number of nitrogens with one attached hydrogen (secondary N) is 2. The van der Waals surface area contributed by atoms with Crippen LogP contribution in [0.4, 0.5) is 5.69 Å². The van der Waals surface area contributed by atoms with Crippen LogP contribution in [0.1, 0.15) is 31.4 Å². The number of hydrogen-bond acceptors (Lipinski definition) is 4. The fourth-order valence-electron chi connectivity index (χ4n) is 4.45. The van der Waals surface area contributed by atoms with Crippen LogP contribution in [0.5, 0.6) is 0 Å². The van der Waals surface area contributed by atoms with Crippen LogP contribution in [-0.2, 0) is 4.79 Å². The second kappa shape index (κ2) is 10.8. The molecule has 0 saturated carbocycles. The smallest absolute Gasteiger partial charge is 0.225 e. The summed E-state index contributed by atoms with van der Waals surface area (Å²) in [6.07, 6.45) is 0.972. The van der Waals surface area contributed by atoms with E-state index in [1.165, 1.54) is 16.8 Å². The summed E-state index contributed by atoms with van der Waals surface area (Å²) in [4.78, 5) is 23.5. The van der Waals surface area contributed by atoms with Crippen LogP contribution in [-0.4, -0.2) is 87.1 Å². The molecule has 7 heteroatoms. The molecule has 2 saturated heterocycles. The van der Waals surface area contributed by atoms with Crippen molar-refractivity contribution < 1.29 is 4.79 Å². The number of aryl methyl sites for hydroxylation is 1. The average Bonchev–Trinajstić information content (AvgIpc) is 3.23. The molecule has 7 nitrogen and oxygen atoms in total. The highest BCUT2D eigenvalue weighted by atomic mass is 16.2. The summed E-state index contributed by atoms with van der Waals surface area (Å²) in [5, 5.41) is 6.94. The molecule has 2 fully saturated rings. The van der Waals surface area contributed by atoms with E-state index in [9.17, 15) is 4.79 Å². The third kappa shape index (κ3) is 6.12. The van der Waals surface area contributed by atoms with Gasteiger partial charge in [-0.05, 0) is 37.5 Å². The van der Waals surface area contributed by atoms with E-state index in [1.807, 2.05) is 25.8 Å². The molecule has 0 aliphatic carbocycles. The van der Waals surface area contributed by atoms with Gasteiger partial charge >= 0.3 is 0 Å². The van der Waals surface area contributed by atoms with Crippen LogP contribution < -0.4 is 15.5 Å². The molecule has 1 aromatic carbocycles. The molecule has 1 aromatic rings. The molecule has 0 bridgehead atoms. The summed E-state index contributed by atoms with van der Waals surface area (Å²) in [6, 6.07) is 6.87. The van der Waals surface area contributed by atoms with Gasteiger partial charge in [-0.25, -0.2) is 0 Å². The predicted molar refractivity (Wildman–Crippen MR) is 129 cm³/mol. The SMILES string of the molecule is CN=C(NCCN1CCN(c2cccc(C)c2C)CC1)NC1CCN(C(=O)C(C)C)C1. The van der Waals surface area contributed by atoms with Crippen molar-refractivity contribution in [1.82, 2.24) is 20.4 Å². The lowest BCUT2D eigenvalue weighted by Gasteiger charge is -2.37. The topological polar surface area (TPSA) is 63.2 Å². The first-order valence-corrected chi connectivity index (χ1v) is 11.7. The molecule has 2 N–H and O–H groups in total. The zero-order chi connectivity index (χ0) is 22.4. The summed E-state index contributed by atoms with van der Waals surface area (Å²) >= 11 is 0. The van der Waals surface area contributed by atoms with Crippen LogP contribution >= 0.6 is 0 Å². The van der Waals surface area contributed by atoms with Gasteiger partial charge in [0, 0.05) is 77.1 Å². The van der Waals surface area contributed by atoms with E-state index in [0.29, 0.717) is 0 Å². The standard InChI is InChI=1S/C24H40N6O/c1-18(2)23(31)30-11-9-21(17-30)27-24(25-5)26-10-12-28-13-15-29(16-14-28)22-8-6-7-19(3)20(22)4/h6-8,18,21H,9-17H2,1-5H3,(H2,25,26,27). The first-order valence-electron chi connectivity index (χ1n) is 11.7. The lowest BCUT2D eigenvalue weighted by molar-refractivity contribution is -0.133. The highest BCUT2D eigenvalue weighted by Gasteiger charge is 2.28. The quantitative estimate of drug-likeness (QED) is 0.535. The number of nitrogens with zero attached hydrogens (tertiary/aromatic N) is 4. The summed E-state index contributed by atoms with van der Waals surface area (Å²) in [6.45, 7) is 16.1. The van der Waals surface area contributed by atoms with Crippen LogP contribution in [0.15, 0.2) is 23.2 Å². The zero-order valence-corrected chi connectivity index (χ0v) is 19.9. The first-order chi connectivity index (χ1) is 14.9. The van der Waals surface area contributed by atoms with E-state index in [1.54, 1.807) is 0 Å². The fraction of sp³-hybridized carbons (Fsp3) is 0.667. The fourth-order valence-corrected chi connectivity index (χ4v) is 4.45. The van der Waals surface area contributed by atoms with Crippen LogP contribution in [0.25, 0.3) is 0 Å². The Bertz CT molecular complexity index is 769. The Balaban J connectivity index is 1.37. The van der Waals surface area contributed by atoms with Gasteiger partial charge in [-0.15, -0.1) is 0 Å². The van der Waals surface area contributed by atoms with E-state index in [4.69, 9.17) is 0 Å². The van der Waals surface area contributed by atoms with Crippen LogP contribution in [0.2, 0.25) is 0 Å². The number of hydrogen-bond donors (Lipinski definition) is 2. The van der Waals surface area contributed by atoms with Crippen molar-refractivity contribution in [3.8, 4) is 0 Å². The van der Waals surface area contributed by atoms with Gasteiger partial charge in [-0.1, -0.05) is 26.0 Å². The molecular formula is C24H40N6O. The molecule has 1 unspecified atom stereocenters. The highest BCUT2D eigenvalue weighted by Crippen LogP contribution is 2.23. The molecule has 172 valence electrons. The van der Waals surface area contributed by atoms with Gasteiger partial charge in [0.25, 0.3) is 0 Å². The monoisotopic (exact) mass is 428 g/mol. The number of likely N-dealkylation sites (tertiary alicyclic amines) is 1. The number of rotatable bonds is 6. The lowest BCUT2D eigenvalue weighted by atomic mass is 10.1. The molecule has 0 aromatic heterocycles. The highest BCUT2D eigenvalue weighted by molar-refractivity contribution is 5.81. The summed E-state index contributed by atoms with van der Waals surface area (Å²) < 4.78 is 0. The van der Waals surface area contributed by atoms with E-state index in [0.717, 1.165) is 64.7 Å². The van der Waals surface area contributed by atoms with Gasteiger partial charge in [0.1, 0.15) is 0 Å². The third-order valence-corrected chi connectivity index (χ3v) is 6.57. The molecule has 2 aliphatic rings. The number of amides is 1. The molecule has 2 aliphatic heterocycles.